The summed E-state index contributed by atoms with van der Waals surface area (Å²) in [4.78, 5) is 18.2. The molecule has 2 N–H and O–H groups in total. The average Bonchev–Trinajstić information content (AvgIpc) is 3.61. The zero-order valence-corrected chi connectivity index (χ0v) is 27.3. The smallest absolute Gasteiger partial charge is 0.245 e. The second-order valence-corrected chi connectivity index (χ2v) is 14.3. The molecule has 4 aliphatic rings. The van der Waals surface area contributed by atoms with Crippen LogP contribution in [0.5, 0.6) is 17.2 Å². The normalized spacial score (nSPS) is 27.0. The Morgan fingerprint density at radius 2 is 1.93 bits per heavy atom. The zero-order chi connectivity index (χ0) is 31.2. The number of anilines is 1. The number of amides is 1. The molecule has 3 aliphatic carbocycles. The first-order valence-corrected chi connectivity index (χ1v) is 17.0. The Hall–Kier alpha value is -3.45. The fourth-order valence-corrected chi connectivity index (χ4v) is 8.94. The maximum atomic E-state index is 13.5. The van der Waals surface area contributed by atoms with Crippen LogP contribution in [0.2, 0.25) is 5.02 Å². The number of ether oxygens (including phenoxy) is 3. The molecule has 1 saturated carbocycles. The average molecular weight is 630 g/mol. The van der Waals surface area contributed by atoms with Crippen molar-refractivity contribution in [3.05, 3.63) is 76.1 Å². The number of carbonyl (C=O) groups excluding carboxylic acids is 1. The molecule has 1 aliphatic heterocycles. The minimum atomic E-state index is -0.708. The van der Waals surface area contributed by atoms with Crippen LogP contribution in [-0.4, -0.2) is 36.9 Å². The highest BCUT2D eigenvalue weighted by atomic mass is 35.5. The third-order valence-electron chi connectivity index (χ3n) is 11.0. The topological polar surface area (TPSA) is 81.7 Å². The third kappa shape index (κ3) is 5.51. The summed E-state index contributed by atoms with van der Waals surface area (Å²) < 4.78 is 18.2. The Bertz CT molecular complexity index is 1580. The summed E-state index contributed by atoms with van der Waals surface area (Å²) in [6.45, 7) is 5.55. The van der Waals surface area contributed by atoms with Crippen LogP contribution in [0.25, 0.3) is 0 Å². The van der Waals surface area contributed by atoms with Crippen LogP contribution >= 0.6 is 11.6 Å². The van der Waals surface area contributed by atoms with Gasteiger partial charge in [-0.15, -0.1) is 0 Å². The van der Waals surface area contributed by atoms with Gasteiger partial charge in [-0.05, 0) is 128 Å². The van der Waals surface area contributed by atoms with Crippen molar-refractivity contribution in [2.75, 3.05) is 25.8 Å². The fraction of sp³-hybridized carbons (Fsp3) is 0.514. The highest BCUT2D eigenvalue weighted by Crippen LogP contribution is 2.58. The number of aryl methyl sites for hydroxylation is 1. The molecular weight excluding hydrogens is 586 g/mol. The SMILES string of the molecule is CNC(=O)C1(Nc2cccc(Cl)c2)CCC2(CC1)c1cc3c(cc1CC2C[C@@H](C)COc1ccnc2c1[C@H](C)CCC2)OCO3. The molecule has 3 aromatic rings. The van der Waals surface area contributed by atoms with Gasteiger partial charge in [0.15, 0.2) is 11.5 Å². The van der Waals surface area contributed by atoms with E-state index in [1.54, 1.807) is 7.05 Å². The number of hydrogen-bond acceptors (Lipinski definition) is 6. The molecule has 7 rings (SSSR count). The van der Waals surface area contributed by atoms with Crippen molar-refractivity contribution in [3.63, 3.8) is 0 Å². The van der Waals surface area contributed by atoms with Crippen molar-refractivity contribution in [1.82, 2.24) is 10.3 Å². The minimum Gasteiger partial charge on any atom is -0.493 e. The molecule has 3 atom stereocenters. The quantitative estimate of drug-likeness (QED) is 0.267. The van der Waals surface area contributed by atoms with Crippen molar-refractivity contribution in [1.29, 1.82) is 0 Å². The highest BCUT2D eigenvalue weighted by molar-refractivity contribution is 6.30. The molecule has 1 aromatic heterocycles. The fourth-order valence-electron chi connectivity index (χ4n) is 8.75. The lowest BCUT2D eigenvalue weighted by Gasteiger charge is -2.48. The van der Waals surface area contributed by atoms with Gasteiger partial charge < -0.3 is 24.8 Å². The van der Waals surface area contributed by atoms with Gasteiger partial charge in [-0.25, -0.2) is 0 Å². The van der Waals surface area contributed by atoms with Crippen molar-refractivity contribution in [2.24, 2.45) is 11.8 Å². The molecule has 45 heavy (non-hydrogen) atoms. The second kappa shape index (κ2) is 12.1. The zero-order valence-electron chi connectivity index (χ0n) is 26.6. The van der Waals surface area contributed by atoms with Gasteiger partial charge in [0.25, 0.3) is 0 Å². The summed E-state index contributed by atoms with van der Waals surface area (Å²) in [7, 11) is 1.73. The van der Waals surface area contributed by atoms with Gasteiger partial charge in [0.05, 0.1) is 6.61 Å². The number of nitrogens with one attached hydrogen (secondary N) is 2. The first kappa shape index (κ1) is 30.2. The van der Waals surface area contributed by atoms with Gasteiger partial charge in [-0.3, -0.25) is 9.78 Å². The summed E-state index contributed by atoms with van der Waals surface area (Å²) >= 11 is 6.32. The first-order chi connectivity index (χ1) is 21.8. The Morgan fingerprint density at radius 3 is 2.71 bits per heavy atom. The van der Waals surface area contributed by atoms with E-state index in [0.717, 1.165) is 67.9 Å². The van der Waals surface area contributed by atoms with E-state index in [1.807, 2.05) is 36.5 Å². The van der Waals surface area contributed by atoms with E-state index < -0.39 is 5.54 Å². The number of aromatic nitrogens is 1. The molecule has 2 aromatic carbocycles. The number of fused-ring (bicyclic) bond motifs is 4. The number of carbonyl (C=O) groups is 1. The minimum absolute atomic E-state index is 0.0226. The highest BCUT2D eigenvalue weighted by Gasteiger charge is 2.54. The molecule has 2 heterocycles. The van der Waals surface area contributed by atoms with Crippen molar-refractivity contribution in [2.45, 2.75) is 88.5 Å². The molecule has 0 saturated heterocycles. The van der Waals surface area contributed by atoms with Crippen LogP contribution in [0.3, 0.4) is 0 Å². The van der Waals surface area contributed by atoms with Gasteiger partial charge in [-0.1, -0.05) is 31.5 Å². The van der Waals surface area contributed by atoms with E-state index in [0.29, 0.717) is 29.4 Å². The Balaban J connectivity index is 1.14. The van der Waals surface area contributed by atoms with Crippen LogP contribution < -0.4 is 24.8 Å². The predicted molar refractivity (Wildman–Crippen MR) is 177 cm³/mol. The van der Waals surface area contributed by atoms with Crippen LogP contribution in [-0.2, 0) is 23.1 Å². The van der Waals surface area contributed by atoms with Crippen molar-refractivity contribution >= 4 is 23.2 Å². The molecule has 1 fully saturated rings. The molecule has 7 nitrogen and oxygen atoms in total. The van der Waals surface area contributed by atoms with Crippen molar-refractivity contribution < 1.29 is 19.0 Å². The lowest BCUT2D eigenvalue weighted by Crippen LogP contribution is -2.56. The van der Waals surface area contributed by atoms with E-state index in [-0.39, 0.29) is 18.1 Å². The molecule has 0 radical (unpaired) electrons. The lowest BCUT2D eigenvalue weighted by atomic mass is 9.59. The maximum absolute atomic E-state index is 13.5. The van der Waals surface area contributed by atoms with Gasteiger partial charge in [-0.2, -0.15) is 0 Å². The Kier molecular flexibility index (Phi) is 8.09. The number of rotatable bonds is 8. The largest absolute Gasteiger partial charge is 0.493 e. The standard InChI is InChI=1S/C37H44ClN3O4/c1-23(21-43-31-10-15-40-30-9-4-6-24(2)34(30)31)16-26-17-25-18-32-33(45-22-44-32)20-29(25)36(26)11-13-37(14-12-36,35(42)39-3)41-28-8-5-7-27(38)19-28/h5,7-8,10,15,18-20,23-24,26,41H,4,6,9,11-14,16-17,21-22H2,1-3H3,(H,39,42)/t23-,24-,26?,36?,37?/m1/s1. The summed E-state index contributed by atoms with van der Waals surface area (Å²) in [5.74, 6) is 3.97. The lowest BCUT2D eigenvalue weighted by molar-refractivity contribution is -0.126. The van der Waals surface area contributed by atoms with Gasteiger partial charge >= 0.3 is 0 Å². The predicted octanol–water partition coefficient (Wildman–Crippen LogP) is 7.59. The third-order valence-corrected chi connectivity index (χ3v) is 11.3. The molecular formula is C37H44ClN3O4. The van der Waals surface area contributed by atoms with Gasteiger partial charge in [0.1, 0.15) is 11.3 Å². The van der Waals surface area contributed by atoms with Crippen molar-refractivity contribution in [3.8, 4) is 17.2 Å². The summed E-state index contributed by atoms with van der Waals surface area (Å²) in [5.41, 5.74) is 5.34. The van der Waals surface area contributed by atoms with Crippen LogP contribution in [0.15, 0.2) is 48.7 Å². The molecule has 1 unspecified atom stereocenters. The van der Waals surface area contributed by atoms with E-state index >= 15 is 0 Å². The van der Waals surface area contributed by atoms with E-state index in [9.17, 15) is 4.79 Å². The summed E-state index contributed by atoms with van der Waals surface area (Å²) in [6, 6.07) is 14.1. The summed E-state index contributed by atoms with van der Waals surface area (Å²) in [5, 5.41) is 7.22. The van der Waals surface area contributed by atoms with Crippen LogP contribution in [0, 0.1) is 11.8 Å². The maximum Gasteiger partial charge on any atom is 0.245 e. The van der Waals surface area contributed by atoms with Crippen LogP contribution in [0.4, 0.5) is 5.69 Å². The van der Waals surface area contributed by atoms with E-state index in [4.69, 9.17) is 25.8 Å². The Labute approximate surface area is 271 Å². The molecule has 238 valence electrons. The Morgan fingerprint density at radius 1 is 1.13 bits per heavy atom. The number of benzene rings is 2. The van der Waals surface area contributed by atoms with Gasteiger partial charge in [0, 0.05) is 35.2 Å². The number of pyridine rings is 1. The first-order valence-electron chi connectivity index (χ1n) is 16.6. The molecule has 0 bridgehead atoms. The summed E-state index contributed by atoms with van der Waals surface area (Å²) in [6.07, 6.45) is 10.6. The van der Waals surface area contributed by atoms with E-state index in [1.165, 1.54) is 35.2 Å². The molecule has 8 heteroatoms. The van der Waals surface area contributed by atoms with Gasteiger partial charge in [0.2, 0.25) is 12.7 Å². The van der Waals surface area contributed by atoms with Crippen LogP contribution in [0.1, 0.15) is 87.1 Å². The number of likely N-dealkylation sites (N-methyl/N-ethyl adjacent to an activating group) is 1. The molecule has 1 spiro atoms. The monoisotopic (exact) mass is 629 g/mol. The number of nitrogens with zero attached hydrogens (tertiary/aromatic N) is 1. The number of hydrogen-bond donors (Lipinski definition) is 2. The second-order valence-electron chi connectivity index (χ2n) is 13.8. The molecule has 1 amide bonds. The van der Waals surface area contributed by atoms with E-state index in [2.05, 4.69) is 41.6 Å². The number of halogens is 1.